The molecule has 2 unspecified atom stereocenters. The van der Waals surface area contributed by atoms with Crippen molar-refractivity contribution < 1.29 is 4.79 Å². The van der Waals surface area contributed by atoms with Crippen molar-refractivity contribution in [2.24, 2.45) is 5.92 Å². The summed E-state index contributed by atoms with van der Waals surface area (Å²) in [6.07, 6.45) is 3.62. The third-order valence-electron chi connectivity index (χ3n) is 3.65. The predicted octanol–water partition coefficient (Wildman–Crippen LogP) is 2.12. The lowest BCUT2D eigenvalue weighted by molar-refractivity contribution is -0.122. The first-order chi connectivity index (χ1) is 9.24. The number of amides is 1. The van der Waals surface area contributed by atoms with Crippen LogP contribution in [-0.2, 0) is 11.2 Å². The van der Waals surface area contributed by atoms with Gasteiger partial charge in [-0.1, -0.05) is 37.3 Å². The molecule has 1 aromatic carbocycles. The molecule has 3 heteroatoms. The maximum atomic E-state index is 11.9. The molecule has 0 spiro atoms. The predicted molar refractivity (Wildman–Crippen MR) is 78.0 cm³/mol. The van der Waals surface area contributed by atoms with Crippen LogP contribution in [0.15, 0.2) is 30.3 Å². The second-order valence-corrected chi connectivity index (χ2v) is 5.60. The molecule has 1 aliphatic heterocycles. The van der Waals surface area contributed by atoms with Crippen LogP contribution in [0.3, 0.4) is 0 Å². The number of benzene rings is 1. The van der Waals surface area contributed by atoms with Gasteiger partial charge in [0.15, 0.2) is 0 Å². The van der Waals surface area contributed by atoms with Crippen LogP contribution in [0.4, 0.5) is 0 Å². The number of carbonyl (C=O) groups is 1. The topological polar surface area (TPSA) is 41.1 Å². The fourth-order valence-corrected chi connectivity index (χ4v) is 2.66. The highest BCUT2D eigenvalue weighted by Crippen LogP contribution is 2.10. The molecule has 0 aromatic heterocycles. The second kappa shape index (κ2) is 7.29. The number of rotatable bonds is 5. The van der Waals surface area contributed by atoms with Crippen LogP contribution in [0.5, 0.6) is 0 Å². The van der Waals surface area contributed by atoms with Gasteiger partial charge in [0.05, 0.1) is 0 Å². The van der Waals surface area contributed by atoms with Crippen molar-refractivity contribution in [1.29, 1.82) is 0 Å². The largest absolute Gasteiger partial charge is 0.352 e. The number of piperidine rings is 1. The van der Waals surface area contributed by atoms with E-state index in [1.165, 1.54) is 5.56 Å². The van der Waals surface area contributed by atoms with Gasteiger partial charge in [-0.15, -0.1) is 0 Å². The highest BCUT2D eigenvalue weighted by Gasteiger charge is 2.19. The molecule has 1 fully saturated rings. The lowest BCUT2D eigenvalue weighted by atomic mass is 9.97. The number of hydrogen-bond donors (Lipinski definition) is 2. The zero-order valence-electron chi connectivity index (χ0n) is 11.7. The molecule has 1 heterocycles. The van der Waals surface area contributed by atoms with E-state index in [0.717, 1.165) is 32.4 Å². The number of hydrogen-bond acceptors (Lipinski definition) is 2. The molecule has 0 aliphatic carbocycles. The smallest absolute Gasteiger partial charge is 0.220 e. The van der Waals surface area contributed by atoms with E-state index in [1.54, 1.807) is 0 Å². The van der Waals surface area contributed by atoms with Gasteiger partial charge in [-0.25, -0.2) is 0 Å². The molecule has 0 bridgehead atoms. The van der Waals surface area contributed by atoms with Crippen molar-refractivity contribution >= 4 is 5.91 Å². The Kier molecular flexibility index (Phi) is 5.40. The summed E-state index contributed by atoms with van der Waals surface area (Å²) in [5.74, 6) is 0.847. The van der Waals surface area contributed by atoms with Crippen molar-refractivity contribution in [2.45, 2.75) is 38.6 Å². The number of carbonyl (C=O) groups excluding carboxylic acids is 1. The molecular formula is C16H24N2O. The number of nitrogens with one attached hydrogen (secondary N) is 2. The molecular weight excluding hydrogens is 236 g/mol. The van der Waals surface area contributed by atoms with Gasteiger partial charge >= 0.3 is 0 Å². The number of aryl methyl sites for hydroxylation is 1. The van der Waals surface area contributed by atoms with Gasteiger partial charge in [-0.05, 0) is 37.3 Å². The molecule has 0 saturated carbocycles. The zero-order chi connectivity index (χ0) is 13.5. The van der Waals surface area contributed by atoms with E-state index in [2.05, 4.69) is 29.7 Å². The van der Waals surface area contributed by atoms with Gasteiger partial charge in [0.25, 0.3) is 0 Å². The summed E-state index contributed by atoms with van der Waals surface area (Å²) in [5.41, 5.74) is 1.31. The Morgan fingerprint density at radius 3 is 2.84 bits per heavy atom. The first kappa shape index (κ1) is 14.1. The highest BCUT2D eigenvalue weighted by molar-refractivity contribution is 5.76. The van der Waals surface area contributed by atoms with Crippen LogP contribution in [-0.4, -0.2) is 25.0 Å². The van der Waals surface area contributed by atoms with E-state index in [9.17, 15) is 4.79 Å². The van der Waals surface area contributed by atoms with Crippen LogP contribution in [0.25, 0.3) is 0 Å². The van der Waals surface area contributed by atoms with Crippen LogP contribution in [0, 0.1) is 5.92 Å². The summed E-state index contributed by atoms with van der Waals surface area (Å²) in [6, 6.07) is 10.7. The summed E-state index contributed by atoms with van der Waals surface area (Å²) in [5, 5.41) is 6.49. The summed E-state index contributed by atoms with van der Waals surface area (Å²) in [7, 11) is 0. The molecule has 104 valence electrons. The van der Waals surface area contributed by atoms with Crippen LogP contribution < -0.4 is 10.6 Å². The standard InChI is InChI=1S/C16H24N2O/c1-13-10-15(12-17-11-13)18-16(19)9-5-8-14-6-3-2-4-7-14/h2-4,6-7,13,15,17H,5,8-12H2,1H3,(H,18,19). The molecule has 0 radical (unpaired) electrons. The van der Waals surface area contributed by atoms with Crippen molar-refractivity contribution in [3.8, 4) is 0 Å². The molecule has 2 N–H and O–H groups in total. The minimum Gasteiger partial charge on any atom is -0.352 e. The molecule has 2 atom stereocenters. The average molecular weight is 260 g/mol. The summed E-state index contributed by atoms with van der Waals surface area (Å²) < 4.78 is 0. The average Bonchev–Trinajstić information content (AvgIpc) is 2.40. The lowest BCUT2D eigenvalue weighted by Gasteiger charge is -2.28. The Bertz CT molecular complexity index is 391. The highest BCUT2D eigenvalue weighted by atomic mass is 16.1. The second-order valence-electron chi connectivity index (χ2n) is 5.60. The minimum absolute atomic E-state index is 0.192. The van der Waals surface area contributed by atoms with Crippen molar-refractivity contribution in [3.63, 3.8) is 0 Å². The van der Waals surface area contributed by atoms with Crippen molar-refractivity contribution in [2.75, 3.05) is 13.1 Å². The van der Waals surface area contributed by atoms with Gasteiger partial charge in [0.1, 0.15) is 0 Å². The van der Waals surface area contributed by atoms with E-state index in [1.807, 2.05) is 18.2 Å². The Morgan fingerprint density at radius 2 is 2.11 bits per heavy atom. The molecule has 2 rings (SSSR count). The van der Waals surface area contributed by atoms with Gasteiger partial charge in [0, 0.05) is 19.0 Å². The third kappa shape index (κ3) is 5.03. The van der Waals surface area contributed by atoms with E-state index in [4.69, 9.17) is 0 Å². The minimum atomic E-state index is 0.192. The maximum absolute atomic E-state index is 11.9. The van der Waals surface area contributed by atoms with Gasteiger partial charge < -0.3 is 10.6 Å². The zero-order valence-corrected chi connectivity index (χ0v) is 11.7. The van der Waals surface area contributed by atoms with E-state index in [-0.39, 0.29) is 5.91 Å². The molecule has 1 aliphatic rings. The fraction of sp³-hybridized carbons (Fsp3) is 0.562. The summed E-state index contributed by atoms with van der Waals surface area (Å²) in [4.78, 5) is 11.9. The quantitative estimate of drug-likeness (QED) is 0.851. The van der Waals surface area contributed by atoms with Gasteiger partial charge in [0.2, 0.25) is 5.91 Å². The van der Waals surface area contributed by atoms with Crippen molar-refractivity contribution in [3.05, 3.63) is 35.9 Å². The first-order valence-electron chi connectivity index (χ1n) is 7.28. The molecule has 1 amide bonds. The first-order valence-corrected chi connectivity index (χ1v) is 7.28. The third-order valence-corrected chi connectivity index (χ3v) is 3.65. The molecule has 1 aromatic rings. The Hall–Kier alpha value is -1.35. The van der Waals surface area contributed by atoms with E-state index < -0.39 is 0 Å². The molecule has 3 nitrogen and oxygen atoms in total. The Morgan fingerprint density at radius 1 is 1.32 bits per heavy atom. The normalized spacial score (nSPS) is 23.0. The Balaban J connectivity index is 1.64. The van der Waals surface area contributed by atoms with Gasteiger partial charge in [-0.3, -0.25) is 4.79 Å². The van der Waals surface area contributed by atoms with E-state index in [0.29, 0.717) is 18.4 Å². The van der Waals surface area contributed by atoms with Crippen LogP contribution >= 0.6 is 0 Å². The SMILES string of the molecule is CC1CNCC(NC(=O)CCCc2ccccc2)C1. The summed E-state index contributed by atoms with van der Waals surface area (Å²) >= 11 is 0. The van der Waals surface area contributed by atoms with Gasteiger partial charge in [-0.2, -0.15) is 0 Å². The van der Waals surface area contributed by atoms with E-state index >= 15 is 0 Å². The lowest BCUT2D eigenvalue weighted by Crippen LogP contribution is -2.48. The van der Waals surface area contributed by atoms with Crippen LogP contribution in [0.1, 0.15) is 31.7 Å². The molecule has 1 saturated heterocycles. The maximum Gasteiger partial charge on any atom is 0.220 e. The monoisotopic (exact) mass is 260 g/mol. The van der Waals surface area contributed by atoms with Crippen molar-refractivity contribution in [1.82, 2.24) is 10.6 Å². The molecule has 19 heavy (non-hydrogen) atoms. The summed E-state index contributed by atoms with van der Waals surface area (Å²) in [6.45, 7) is 4.20. The Labute approximate surface area is 115 Å². The van der Waals surface area contributed by atoms with Crippen LogP contribution in [0.2, 0.25) is 0 Å². The fourth-order valence-electron chi connectivity index (χ4n) is 2.66.